The number of hydrogen-bond acceptors (Lipinski definition) is 4. The van der Waals surface area contributed by atoms with Crippen molar-refractivity contribution < 1.29 is 9.90 Å². The fourth-order valence-corrected chi connectivity index (χ4v) is 2.78. The van der Waals surface area contributed by atoms with E-state index >= 15 is 0 Å². The van der Waals surface area contributed by atoms with Crippen LogP contribution in [0.15, 0.2) is 12.3 Å². The van der Waals surface area contributed by atoms with Gasteiger partial charge in [0.1, 0.15) is 5.82 Å². The Labute approximate surface area is 124 Å². The van der Waals surface area contributed by atoms with Gasteiger partial charge >= 0.3 is 5.97 Å². The van der Waals surface area contributed by atoms with E-state index in [1.54, 1.807) is 6.07 Å². The Hall–Kier alpha value is -1.33. The van der Waals surface area contributed by atoms with E-state index in [0.29, 0.717) is 11.9 Å². The average Bonchev–Trinajstić information content (AvgIpc) is 2.47. The number of rotatable bonds is 4. The second-order valence-corrected chi connectivity index (χ2v) is 5.51. The summed E-state index contributed by atoms with van der Waals surface area (Å²) in [4.78, 5) is 19.9. The van der Waals surface area contributed by atoms with Crippen molar-refractivity contribution in [2.75, 3.05) is 31.6 Å². The Balaban J connectivity index is 2.11. The maximum absolute atomic E-state index is 11.1. The van der Waals surface area contributed by atoms with E-state index < -0.39 is 5.97 Å². The maximum atomic E-state index is 11.1. The number of anilines is 1. The van der Waals surface area contributed by atoms with Gasteiger partial charge in [-0.05, 0) is 25.5 Å². The lowest BCUT2D eigenvalue weighted by atomic mass is 10.0. The van der Waals surface area contributed by atoms with Gasteiger partial charge in [0, 0.05) is 32.4 Å². The highest BCUT2D eigenvalue weighted by molar-refractivity contribution is 6.33. The van der Waals surface area contributed by atoms with Gasteiger partial charge in [-0.25, -0.2) is 9.78 Å². The number of carboxylic acids is 1. The number of aromatic nitrogens is 1. The highest BCUT2D eigenvalue weighted by atomic mass is 35.5. The summed E-state index contributed by atoms with van der Waals surface area (Å²) in [5.74, 6) is -0.352. The van der Waals surface area contributed by atoms with E-state index in [2.05, 4.69) is 21.7 Å². The van der Waals surface area contributed by atoms with Crippen LogP contribution in [0.4, 0.5) is 5.82 Å². The summed E-state index contributed by atoms with van der Waals surface area (Å²) in [5.41, 5.74) is 0.106. The summed E-state index contributed by atoms with van der Waals surface area (Å²) in [5, 5.41) is 9.29. The molecular weight excluding hydrogens is 278 g/mol. The molecule has 20 heavy (non-hydrogen) atoms. The molecule has 110 valence electrons. The number of aromatic carboxylic acids is 1. The molecule has 6 heteroatoms. The standard InChI is InChI=1S/C14H20ClN3O2/c1-3-18-6-4-10(5-7-18)17(2)13-8-11(14(19)20)12(15)9-16-13/h8-10H,3-7H2,1-2H3,(H,19,20). The summed E-state index contributed by atoms with van der Waals surface area (Å²) >= 11 is 5.85. The molecule has 0 spiro atoms. The van der Waals surface area contributed by atoms with Crippen LogP contribution in [0.1, 0.15) is 30.1 Å². The monoisotopic (exact) mass is 297 g/mol. The fraction of sp³-hybridized carbons (Fsp3) is 0.571. The van der Waals surface area contributed by atoms with E-state index in [1.807, 2.05) is 7.05 Å². The van der Waals surface area contributed by atoms with E-state index in [0.717, 1.165) is 32.5 Å². The van der Waals surface area contributed by atoms with Crippen LogP contribution in [0.3, 0.4) is 0 Å². The summed E-state index contributed by atoms with van der Waals surface area (Å²) < 4.78 is 0. The van der Waals surface area contributed by atoms with Gasteiger partial charge in [-0.1, -0.05) is 18.5 Å². The average molecular weight is 298 g/mol. The van der Waals surface area contributed by atoms with Gasteiger partial charge in [0.25, 0.3) is 0 Å². The summed E-state index contributed by atoms with van der Waals surface area (Å²) in [6.45, 7) is 5.40. The molecule has 0 radical (unpaired) electrons. The van der Waals surface area contributed by atoms with Crippen LogP contribution in [0.5, 0.6) is 0 Å². The molecule has 1 saturated heterocycles. The minimum atomic E-state index is -1.02. The van der Waals surface area contributed by atoms with Crippen LogP contribution < -0.4 is 4.90 Å². The molecule has 1 N–H and O–H groups in total. The molecule has 1 aliphatic rings. The smallest absolute Gasteiger partial charge is 0.337 e. The van der Waals surface area contributed by atoms with Crippen molar-refractivity contribution in [3.63, 3.8) is 0 Å². The lowest BCUT2D eigenvalue weighted by Gasteiger charge is -2.36. The zero-order valence-corrected chi connectivity index (χ0v) is 12.6. The first-order valence-electron chi connectivity index (χ1n) is 6.87. The van der Waals surface area contributed by atoms with Crippen LogP contribution >= 0.6 is 11.6 Å². The number of carboxylic acid groups (broad SMARTS) is 1. The van der Waals surface area contributed by atoms with Gasteiger partial charge in [-0.15, -0.1) is 0 Å². The molecule has 5 nitrogen and oxygen atoms in total. The minimum absolute atomic E-state index is 0.106. The Bertz CT molecular complexity index is 487. The summed E-state index contributed by atoms with van der Waals surface area (Å²) in [7, 11) is 1.97. The second-order valence-electron chi connectivity index (χ2n) is 5.10. The fourth-order valence-electron chi connectivity index (χ4n) is 2.59. The minimum Gasteiger partial charge on any atom is -0.478 e. The quantitative estimate of drug-likeness (QED) is 0.924. The summed E-state index contributed by atoms with van der Waals surface area (Å²) in [6.07, 6.45) is 3.55. The third kappa shape index (κ3) is 3.22. The first kappa shape index (κ1) is 15.1. The topological polar surface area (TPSA) is 56.7 Å². The first-order chi connectivity index (χ1) is 9.52. The molecule has 2 heterocycles. The molecule has 1 aromatic rings. The molecule has 1 aromatic heterocycles. The number of carbonyl (C=O) groups is 1. The molecular formula is C14H20ClN3O2. The first-order valence-corrected chi connectivity index (χ1v) is 7.24. The molecule has 2 rings (SSSR count). The molecule has 1 fully saturated rings. The Kier molecular flexibility index (Phi) is 4.83. The zero-order valence-electron chi connectivity index (χ0n) is 11.8. The number of nitrogens with zero attached hydrogens (tertiary/aromatic N) is 3. The van der Waals surface area contributed by atoms with Gasteiger partial charge in [-0.2, -0.15) is 0 Å². The largest absolute Gasteiger partial charge is 0.478 e. The molecule has 0 saturated carbocycles. The lowest BCUT2D eigenvalue weighted by Crippen LogP contribution is -2.43. The van der Waals surface area contributed by atoms with Crippen LogP contribution in [0, 0.1) is 0 Å². The molecule has 0 aliphatic carbocycles. The molecule has 0 aromatic carbocycles. The van der Waals surface area contributed by atoms with Gasteiger partial charge in [0.2, 0.25) is 0 Å². The van der Waals surface area contributed by atoms with Gasteiger partial charge in [-0.3, -0.25) is 0 Å². The molecule has 0 amide bonds. The van der Waals surface area contributed by atoms with Gasteiger partial charge in [0.05, 0.1) is 10.6 Å². The van der Waals surface area contributed by atoms with Crippen molar-refractivity contribution in [3.05, 3.63) is 22.8 Å². The third-order valence-corrected chi connectivity index (χ3v) is 4.29. The highest BCUT2D eigenvalue weighted by Gasteiger charge is 2.23. The van der Waals surface area contributed by atoms with Crippen LogP contribution in [0.25, 0.3) is 0 Å². The predicted molar refractivity (Wildman–Crippen MR) is 79.7 cm³/mol. The number of halogens is 1. The number of hydrogen-bond donors (Lipinski definition) is 1. The van der Waals surface area contributed by atoms with E-state index in [1.165, 1.54) is 6.20 Å². The van der Waals surface area contributed by atoms with Crippen molar-refractivity contribution in [2.24, 2.45) is 0 Å². The SMILES string of the molecule is CCN1CCC(N(C)c2cc(C(=O)O)c(Cl)cn2)CC1. The van der Waals surface area contributed by atoms with E-state index in [9.17, 15) is 4.79 Å². The molecule has 0 atom stereocenters. The maximum Gasteiger partial charge on any atom is 0.337 e. The Morgan fingerprint density at radius 3 is 2.75 bits per heavy atom. The highest BCUT2D eigenvalue weighted by Crippen LogP contribution is 2.24. The predicted octanol–water partition coefficient (Wildman–Crippen LogP) is 2.35. The number of pyridine rings is 1. The third-order valence-electron chi connectivity index (χ3n) is 3.98. The number of likely N-dealkylation sites (tertiary alicyclic amines) is 1. The number of piperidine rings is 1. The van der Waals surface area contributed by atoms with E-state index in [4.69, 9.17) is 16.7 Å². The molecule has 1 aliphatic heterocycles. The van der Waals surface area contributed by atoms with Crippen molar-refractivity contribution in [1.29, 1.82) is 0 Å². The van der Waals surface area contributed by atoms with Crippen molar-refractivity contribution >= 4 is 23.4 Å². The Morgan fingerprint density at radius 1 is 1.55 bits per heavy atom. The second kappa shape index (κ2) is 6.41. The van der Waals surface area contributed by atoms with Crippen molar-refractivity contribution in [3.8, 4) is 0 Å². The zero-order chi connectivity index (χ0) is 14.7. The van der Waals surface area contributed by atoms with Crippen molar-refractivity contribution in [1.82, 2.24) is 9.88 Å². The van der Waals surface area contributed by atoms with Gasteiger partial charge < -0.3 is 14.9 Å². The molecule has 0 unspecified atom stereocenters. The normalized spacial score (nSPS) is 17.1. The van der Waals surface area contributed by atoms with Gasteiger partial charge in [0.15, 0.2) is 0 Å². The molecule has 0 bridgehead atoms. The van der Waals surface area contributed by atoms with Crippen LogP contribution in [0.2, 0.25) is 5.02 Å². The van der Waals surface area contributed by atoms with Crippen LogP contribution in [-0.4, -0.2) is 53.7 Å². The van der Waals surface area contributed by atoms with Crippen LogP contribution in [-0.2, 0) is 0 Å². The summed E-state index contributed by atoms with van der Waals surface area (Å²) in [6, 6.07) is 1.95. The Morgan fingerprint density at radius 2 is 2.20 bits per heavy atom. The lowest BCUT2D eigenvalue weighted by molar-refractivity contribution is 0.0697. The van der Waals surface area contributed by atoms with Crippen molar-refractivity contribution in [2.45, 2.75) is 25.8 Å². The van der Waals surface area contributed by atoms with E-state index in [-0.39, 0.29) is 10.6 Å².